The van der Waals surface area contributed by atoms with Crippen LogP contribution in [0, 0.1) is 0 Å². The molecule has 0 saturated carbocycles. The third kappa shape index (κ3) is 4.74. The molecule has 3 aromatic rings. The molecule has 0 bridgehead atoms. The van der Waals surface area contributed by atoms with Gasteiger partial charge in [0, 0.05) is 11.4 Å². The van der Waals surface area contributed by atoms with E-state index in [1.807, 2.05) is 18.2 Å². The molecule has 1 atom stereocenters. The Hall–Kier alpha value is -4.58. The molecule has 39 heavy (non-hydrogen) atoms. The number of nitrogens with zero attached hydrogens (tertiary/aromatic N) is 1. The Labute approximate surface area is 225 Å². The Morgan fingerprint density at radius 3 is 2.44 bits per heavy atom. The van der Waals surface area contributed by atoms with Crippen LogP contribution < -0.4 is 24.8 Å². The minimum atomic E-state index is -4.11. The Bertz CT molecular complexity index is 1570. The van der Waals surface area contributed by atoms with Crippen molar-refractivity contribution in [1.29, 1.82) is 0 Å². The highest BCUT2D eigenvalue weighted by Gasteiger charge is 2.55. The van der Waals surface area contributed by atoms with Crippen LogP contribution in [0.15, 0.2) is 71.6 Å². The smallest absolute Gasteiger partial charge is 0.325 e. The summed E-state index contributed by atoms with van der Waals surface area (Å²) in [6.07, 6.45) is 1.05. The van der Waals surface area contributed by atoms with Gasteiger partial charge in [-0.1, -0.05) is 24.3 Å². The quantitative estimate of drug-likeness (QED) is 0.366. The summed E-state index contributed by atoms with van der Waals surface area (Å²) < 4.78 is 39.1. The number of urea groups is 1. The molecule has 1 spiro atoms. The van der Waals surface area contributed by atoms with E-state index in [1.165, 1.54) is 32.4 Å². The number of methoxy groups -OCH3 is 2. The van der Waals surface area contributed by atoms with Crippen molar-refractivity contribution >= 4 is 39.2 Å². The van der Waals surface area contributed by atoms with Crippen molar-refractivity contribution in [2.24, 2.45) is 0 Å². The summed E-state index contributed by atoms with van der Waals surface area (Å²) in [4.78, 5) is 39.6. The Kier molecular flexibility index (Phi) is 6.64. The maximum atomic E-state index is 13.3. The summed E-state index contributed by atoms with van der Waals surface area (Å²) in [6.45, 7) is -0.535. The van der Waals surface area contributed by atoms with E-state index in [0.717, 1.165) is 16.0 Å². The number of ether oxygens (including phenoxy) is 2. The summed E-state index contributed by atoms with van der Waals surface area (Å²) in [5.41, 5.74) is 0.980. The second-order valence-corrected chi connectivity index (χ2v) is 10.8. The van der Waals surface area contributed by atoms with Crippen LogP contribution in [0.5, 0.6) is 11.5 Å². The Morgan fingerprint density at radius 2 is 1.72 bits per heavy atom. The minimum Gasteiger partial charge on any atom is -0.497 e. The number of rotatable bonds is 8. The first-order valence-electron chi connectivity index (χ1n) is 12.0. The van der Waals surface area contributed by atoms with Gasteiger partial charge in [0.05, 0.1) is 14.2 Å². The van der Waals surface area contributed by atoms with Gasteiger partial charge in [-0.3, -0.25) is 19.2 Å². The van der Waals surface area contributed by atoms with Crippen LogP contribution >= 0.6 is 0 Å². The van der Waals surface area contributed by atoms with Crippen LogP contribution in [0.1, 0.15) is 17.5 Å². The van der Waals surface area contributed by atoms with Crippen LogP contribution in [0.3, 0.4) is 0 Å². The molecular formula is C27H26N4O7S. The van der Waals surface area contributed by atoms with Gasteiger partial charge in [-0.05, 0) is 66.4 Å². The van der Waals surface area contributed by atoms with Crippen LogP contribution in [0.25, 0.3) is 0 Å². The van der Waals surface area contributed by atoms with Crippen molar-refractivity contribution in [3.63, 3.8) is 0 Å². The lowest BCUT2D eigenvalue weighted by molar-refractivity contribution is -0.134. The lowest BCUT2D eigenvalue weighted by atomic mass is 9.92. The zero-order valence-electron chi connectivity index (χ0n) is 21.2. The molecule has 0 unspecified atom stereocenters. The van der Waals surface area contributed by atoms with Gasteiger partial charge < -0.3 is 20.1 Å². The molecule has 5 rings (SSSR count). The molecule has 1 aliphatic carbocycles. The second-order valence-electron chi connectivity index (χ2n) is 9.13. The number of aryl methyl sites for hydroxylation is 1. The number of amides is 4. The van der Waals surface area contributed by atoms with Gasteiger partial charge >= 0.3 is 6.03 Å². The topological polar surface area (TPSA) is 143 Å². The summed E-state index contributed by atoms with van der Waals surface area (Å²) in [7, 11) is -1.28. The molecule has 1 aliphatic heterocycles. The molecule has 4 amide bonds. The average Bonchev–Trinajstić information content (AvgIpc) is 3.41. The van der Waals surface area contributed by atoms with Crippen LogP contribution in [-0.2, 0) is 31.6 Å². The molecule has 1 saturated heterocycles. The zero-order chi connectivity index (χ0) is 27.8. The van der Waals surface area contributed by atoms with E-state index < -0.39 is 40.0 Å². The lowest BCUT2D eigenvalue weighted by Gasteiger charge is -2.22. The molecule has 11 nitrogen and oxygen atoms in total. The van der Waals surface area contributed by atoms with Crippen molar-refractivity contribution in [3.05, 3.63) is 77.9 Å². The predicted molar refractivity (Wildman–Crippen MR) is 142 cm³/mol. The summed E-state index contributed by atoms with van der Waals surface area (Å²) in [6, 6.07) is 17.1. The van der Waals surface area contributed by atoms with Crippen molar-refractivity contribution in [1.82, 2.24) is 10.2 Å². The van der Waals surface area contributed by atoms with Crippen LogP contribution in [-0.4, -0.2) is 51.9 Å². The van der Waals surface area contributed by atoms with E-state index in [2.05, 4.69) is 15.4 Å². The van der Waals surface area contributed by atoms with Crippen molar-refractivity contribution < 1.29 is 32.3 Å². The fourth-order valence-corrected chi connectivity index (χ4v) is 6.17. The SMILES string of the molecule is COc1ccc(NS(=O)(=O)c2cc(NC(=O)CN3C(=O)N[C@]4(CCc5ccccc54)C3=O)ccc2OC)cc1. The van der Waals surface area contributed by atoms with Gasteiger partial charge in [-0.2, -0.15) is 0 Å². The van der Waals surface area contributed by atoms with Crippen LogP contribution in [0.2, 0.25) is 0 Å². The van der Waals surface area contributed by atoms with Gasteiger partial charge in [0.2, 0.25) is 5.91 Å². The molecule has 1 heterocycles. The number of hydrogen-bond donors (Lipinski definition) is 3. The van der Waals surface area contributed by atoms with Gasteiger partial charge in [-0.15, -0.1) is 0 Å². The lowest BCUT2D eigenvalue weighted by Crippen LogP contribution is -2.43. The molecule has 0 aromatic heterocycles. The number of fused-ring (bicyclic) bond motifs is 2. The zero-order valence-corrected chi connectivity index (χ0v) is 22.0. The van der Waals surface area contributed by atoms with Gasteiger partial charge in [0.15, 0.2) is 0 Å². The third-order valence-corrected chi connectivity index (χ3v) is 8.21. The number of anilines is 2. The highest BCUT2D eigenvalue weighted by molar-refractivity contribution is 7.92. The van der Waals surface area contributed by atoms with E-state index in [4.69, 9.17) is 9.47 Å². The third-order valence-electron chi connectivity index (χ3n) is 6.80. The maximum Gasteiger partial charge on any atom is 0.325 e. The normalized spacial score (nSPS) is 18.1. The number of imide groups is 1. The summed E-state index contributed by atoms with van der Waals surface area (Å²) >= 11 is 0. The van der Waals surface area contributed by atoms with E-state index >= 15 is 0 Å². The molecule has 3 N–H and O–H groups in total. The standard InChI is InChI=1S/C27H26N4O7S/c1-37-20-10-7-18(8-11-20)30-39(35,36)23-15-19(9-12-22(23)38-2)28-24(32)16-31-25(33)27(29-26(31)34)14-13-17-5-3-4-6-21(17)27/h3-12,15,30H,13-14,16H2,1-2H3,(H,28,32)(H,29,34)/t27-/m0/s1. The number of carbonyl (C=O) groups excluding carboxylic acids is 3. The van der Waals surface area contributed by atoms with E-state index in [1.54, 1.807) is 30.3 Å². The summed E-state index contributed by atoms with van der Waals surface area (Å²) in [5.74, 6) is -0.536. The number of hydrogen-bond acceptors (Lipinski definition) is 7. The number of benzene rings is 3. The van der Waals surface area contributed by atoms with Crippen molar-refractivity contribution in [3.8, 4) is 11.5 Å². The van der Waals surface area contributed by atoms with Crippen molar-refractivity contribution in [2.75, 3.05) is 30.8 Å². The molecular weight excluding hydrogens is 524 g/mol. The first-order valence-corrected chi connectivity index (χ1v) is 13.5. The van der Waals surface area contributed by atoms with Gasteiger partial charge in [-0.25, -0.2) is 13.2 Å². The minimum absolute atomic E-state index is 0.0601. The molecule has 1 fully saturated rings. The number of sulfonamides is 1. The fourth-order valence-electron chi connectivity index (χ4n) is 4.91. The molecule has 2 aliphatic rings. The highest BCUT2D eigenvalue weighted by Crippen LogP contribution is 2.41. The second kappa shape index (κ2) is 9.95. The molecule has 202 valence electrons. The monoisotopic (exact) mass is 550 g/mol. The number of carbonyl (C=O) groups is 3. The molecule has 0 radical (unpaired) electrons. The van der Waals surface area contributed by atoms with Gasteiger partial charge in [0.25, 0.3) is 15.9 Å². The highest BCUT2D eigenvalue weighted by atomic mass is 32.2. The Balaban J connectivity index is 1.32. The first kappa shape index (κ1) is 26.0. The van der Waals surface area contributed by atoms with Crippen molar-refractivity contribution in [2.45, 2.75) is 23.3 Å². The van der Waals surface area contributed by atoms with E-state index in [9.17, 15) is 22.8 Å². The fraction of sp³-hybridized carbons (Fsp3) is 0.222. The average molecular weight is 551 g/mol. The van der Waals surface area contributed by atoms with E-state index in [-0.39, 0.29) is 16.3 Å². The predicted octanol–water partition coefficient (Wildman–Crippen LogP) is 2.84. The largest absolute Gasteiger partial charge is 0.497 e. The van der Waals surface area contributed by atoms with Gasteiger partial charge in [0.1, 0.15) is 28.5 Å². The van der Waals surface area contributed by atoms with E-state index in [0.29, 0.717) is 24.3 Å². The maximum absolute atomic E-state index is 13.3. The molecule has 12 heteroatoms. The Morgan fingerprint density at radius 1 is 1.00 bits per heavy atom. The summed E-state index contributed by atoms with van der Waals surface area (Å²) in [5, 5.41) is 5.35. The molecule has 3 aromatic carbocycles. The number of nitrogens with one attached hydrogen (secondary N) is 3. The van der Waals surface area contributed by atoms with Crippen LogP contribution in [0.4, 0.5) is 16.2 Å². The first-order chi connectivity index (χ1) is 18.7.